The highest BCUT2D eigenvalue weighted by atomic mass is 79.9. The molecule has 0 amide bonds. The predicted molar refractivity (Wildman–Crippen MR) is 60.5 cm³/mol. The second kappa shape index (κ2) is 5.24. The molecule has 13 heavy (non-hydrogen) atoms. The minimum Gasteiger partial charge on any atom is -0.374 e. The number of halogens is 2. The van der Waals surface area contributed by atoms with Crippen LogP contribution in [0.1, 0.15) is 17.3 Å². The van der Waals surface area contributed by atoms with Gasteiger partial charge in [-0.25, -0.2) is 0 Å². The lowest BCUT2D eigenvalue weighted by atomic mass is 10.2. The van der Waals surface area contributed by atoms with E-state index in [0.717, 1.165) is 7.57 Å². The first-order valence-electron chi connectivity index (χ1n) is 3.71. The molecule has 0 fully saturated rings. The summed E-state index contributed by atoms with van der Waals surface area (Å²) in [4.78, 5) is 11.5. The molecule has 0 radical (unpaired) electrons. The highest BCUT2D eigenvalue weighted by Crippen LogP contribution is 2.32. The fourth-order valence-corrected chi connectivity index (χ4v) is 3.66. The Morgan fingerprint density at radius 3 is 2.77 bits per heavy atom. The van der Waals surface area contributed by atoms with Gasteiger partial charge in [0.25, 0.3) is 0 Å². The van der Waals surface area contributed by atoms with Gasteiger partial charge in [-0.3, -0.25) is 4.79 Å². The van der Waals surface area contributed by atoms with Crippen molar-refractivity contribution in [2.45, 2.75) is 6.92 Å². The molecular formula is C8H8Br2O2S. The van der Waals surface area contributed by atoms with E-state index in [2.05, 4.69) is 31.9 Å². The highest BCUT2D eigenvalue weighted by molar-refractivity contribution is 9.12. The fourth-order valence-electron chi connectivity index (χ4n) is 0.803. The summed E-state index contributed by atoms with van der Waals surface area (Å²) >= 11 is 8.12. The van der Waals surface area contributed by atoms with Crippen LogP contribution in [0.4, 0.5) is 0 Å². The summed E-state index contributed by atoms with van der Waals surface area (Å²) in [5, 5.41) is 0. The Bertz CT molecular complexity index is 309. The number of ketones is 1. The molecule has 1 heterocycles. The monoisotopic (exact) mass is 326 g/mol. The Hall–Kier alpha value is 0.290. The Labute approximate surface area is 97.5 Å². The zero-order valence-corrected chi connectivity index (χ0v) is 11.0. The number of hydrogen-bond acceptors (Lipinski definition) is 3. The van der Waals surface area contributed by atoms with Crippen molar-refractivity contribution in [1.82, 2.24) is 0 Å². The van der Waals surface area contributed by atoms with Gasteiger partial charge in [0, 0.05) is 12.2 Å². The third kappa shape index (κ3) is 3.16. The first kappa shape index (κ1) is 11.4. The molecule has 0 spiro atoms. The van der Waals surface area contributed by atoms with E-state index in [1.807, 2.05) is 6.92 Å². The van der Waals surface area contributed by atoms with Crippen LogP contribution in [0.3, 0.4) is 0 Å². The van der Waals surface area contributed by atoms with Crippen molar-refractivity contribution in [2.24, 2.45) is 0 Å². The van der Waals surface area contributed by atoms with Gasteiger partial charge in [-0.1, -0.05) is 0 Å². The summed E-state index contributed by atoms with van der Waals surface area (Å²) in [7, 11) is 0. The van der Waals surface area contributed by atoms with Gasteiger partial charge in [0.2, 0.25) is 0 Å². The topological polar surface area (TPSA) is 26.3 Å². The van der Waals surface area contributed by atoms with Crippen molar-refractivity contribution in [3.63, 3.8) is 0 Å². The van der Waals surface area contributed by atoms with E-state index < -0.39 is 0 Å². The Morgan fingerprint density at radius 2 is 2.31 bits per heavy atom. The van der Waals surface area contributed by atoms with Gasteiger partial charge in [0.05, 0.1) is 7.57 Å². The summed E-state index contributed by atoms with van der Waals surface area (Å²) in [5.74, 6) is 0.00988. The normalized spacial score (nSPS) is 10.4. The lowest BCUT2D eigenvalue weighted by Crippen LogP contribution is -2.08. The van der Waals surface area contributed by atoms with Crippen molar-refractivity contribution in [3.8, 4) is 0 Å². The summed E-state index contributed by atoms with van der Waals surface area (Å²) in [6, 6.07) is 1.80. The van der Waals surface area contributed by atoms with E-state index in [1.165, 1.54) is 11.3 Å². The molecule has 5 heteroatoms. The number of ether oxygens (including phenoxy) is 1. The summed E-state index contributed by atoms with van der Waals surface area (Å²) in [6.07, 6.45) is 0. The zero-order valence-electron chi connectivity index (χ0n) is 6.97. The summed E-state index contributed by atoms with van der Waals surface area (Å²) < 4.78 is 6.83. The second-order valence-corrected chi connectivity index (χ2v) is 6.05. The number of Topliss-reactive ketones (excluding diaryl/α,β-unsaturated/α-hetero) is 1. The van der Waals surface area contributed by atoms with Crippen molar-refractivity contribution >= 4 is 49.0 Å². The van der Waals surface area contributed by atoms with Crippen LogP contribution in [0.5, 0.6) is 0 Å². The number of rotatable bonds is 4. The van der Waals surface area contributed by atoms with Gasteiger partial charge in [0.15, 0.2) is 5.78 Å². The number of carbonyl (C=O) groups is 1. The van der Waals surface area contributed by atoms with Gasteiger partial charge in [-0.2, -0.15) is 0 Å². The number of hydrogen-bond donors (Lipinski definition) is 0. The minimum absolute atomic E-state index is 0.00988. The summed E-state index contributed by atoms with van der Waals surface area (Å²) in [5.41, 5.74) is 0.685. The predicted octanol–water partition coefficient (Wildman–Crippen LogP) is 3.49. The van der Waals surface area contributed by atoms with Gasteiger partial charge in [0.1, 0.15) is 6.61 Å². The third-order valence-electron chi connectivity index (χ3n) is 1.39. The van der Waals surface area contributed by atoms with Gasteiger partial charge in [-0.15, -0.1) is 11.3 Å². The van der Waals surface area contributed by atoms with Crippen LogP contribution >= 0.6 is 43.2 Å². The van der Waals surface area contributed by atoms with Gasteiger partial charge < -0.3 is 4.74 Å². The van der Waals surface area contributed by atoms with E-state index in [-0.39, 0.29) is 12.4 Å². The van der Waals surface area contributed by atoms with Crippen LogP contribution in [-0.4, -0.2) is 19.0 Å². The summed E-state index contributed by atoms with van der Waals surface area (Å²) in [6.45, 7) is 2.58. The second-order valence-electron chi connectivity index (χ2n) is 2.30. The van der Waals surface area contributed by atoms with Crippen LogP contribution < -0.4 is 0 Å². The molecule has 0 N–H and O–H groups in total. The molecule has 72 valence electrons. The quantitative estimate of drug-likeness (QED) is 0.791. The van der Waals surface area contributed by atoms with E-state index in [4.69, 9.17) is 4.74 Å². The average molecular weight is 328 g/mol. The zero-order chi connectivity index (χ0) is 9.84. The lowest BCUT2D eigenvalue weighted by molar-refractivity contribution is 0.0783. The molecule has 0 aliphatic rings. The fraction of sp³-hybridized carbons (Fsp3) is 0.375. The van der Waals surface area contributed by atoms with E-state index in [9.17, 15) is 4.79 Å². The van der Waals surface area contributed by atoms with Crippen molar-refractivity contribution < 1.29 is 9.53 Å². The first-order valence-corrected chi connectivity index (χ1v) is 6.11. The molecule has 0 aromatic carbocycles. The van der Waals surface area contributed by atoms with E-state index >= 15 is 0 Å². The van der Waals surface area contributed by atoms with E-state index in [1.54, 1.807) is 6.07 Å². The molecule has 0 bridgehead atoms. The van der Waals surface area contributed by atoms with Crippen LogP contribution in [-0.2, 0) is 4.74 Å². The number of thiophene rings is 1. The molecule has 1 aromatic heterocycles. The molecule has 0 saturated carbocycles. The molecule has 0 aliphatic heterocycles. The van der Waals surface area contributed by atoms with Crippen molar-refractivity contribution in [1.29, 1.82) is 0 Å². The average Bonchev–Trinajstić information content (AvgIpc) is 2.41. The third-order valence-corrected chi connectivity index (χ3v) is 3.73. The van der Waals surface area contributed by atoms with Crippen LogP contribution in [0, 0.1) is 0 Å². The molecule has 0 saturated heterocycles. The highest BCUT2D eigenvalue weighted by Gasteiger charge is 2.13. The molecule has 0 unspecified atom stereocenters. The first-order chi connectivity index (χ1) is 6.15. The Balaban J connectivity index is 2.70. The minimum atomic E-state index is 0.00988. The maximum Gasteiger partial charge on any atom is 0.190 e. The van der Waals surface area contributed by atoms with E-state index in [0.29, 0.717) is 12.2 Å². The largest absolute Gasteiger partial charge is 0.374 e. The van der Waals surface area contributed by atoms with Crippen LogP contribution in [0.15, 0.2) is 13.6 Å². The van der Waals surface area contributed by atoms with Gasteiger partial charge in [-0.05, 0) is 44.8 Å². The SMILES string of the molecule is CCOCC(=O)c1cc(Br)sc1Br. The van der Waals surface area contributed by atoms with Crippen LogP contribution in [0.25, 0.3) is 0 Å². The molecule has 0 aliphatic carbocycles. The maximum absolute atomic E-state index is 11.5. The Morgan fingerprint density at radius 1 is 1.62 bits per heavy atom. The molecule has 2 nitrogen and oxygen atoms in total. The molecule has 1 aromatic rings. The number of carbonyl (C=O) groups excluding carboxylic acids is 1. The molecule has 1 rings (SSSR count). The van der Waals surface area contributed by atoms with Crippen molar-refractivity contribution in [2.75, 3.05) is 13.2 Å². The maximum atomic E-state index is 11.5. The molecular weight excluding hydrogens is 320 g/mol. The Kier molecular flexibility index (Phi) is 4.58. The lowest BCUT2D eigenvalue weighted by Gasteiger charge is -1.98. The smallest absolute Gasteiger partial charge is 0.190 e. The molecule has 0 atom stereocenters. The van der Waals surface area contributed by atoms with Gasteiger partial charge >= 0.3 is 0 Å². The van der Waals surface area contributed by atoms with Crippen LogP contribution in [0.2, 0.25) is 0 Å². The van der Waals surface area contributed by atoms with Crippen molar-refractivity contribution in [3.05, 3.63) is 19.2 Å². The standard InChI is InChI=1S/C8H8Br2O2S/c1-2-12-4-6(11)5-3-7(9)13-8(5)10/h3H,2,4H2,1H3.